The summed E-state index contributed by atoms with van der Waals surface area (Å²) in [5.74, 6) is -1.18. The fourth-order valence-corrected chi connectivity index (χ4v) is 3.28. The van der Waals surface area contributed by atoms with Crippen LogP contribution < -0.4 is 5.32 Å². The average molecular weight is 335 g/mol. The van der Waals surface area contributed by atoms with E-state index < -0.39 is 11.6 Å². The third kappa shape index (κ3) is 3.91. The zero-order chi connectivity index (χ0) is 17.5. The molecule has 3 rings (SSSR count). The van der Waals surface area contributed by atoms with Crippen molar-refractivity contribution >= 4 is 5.69 Å². The van der Waals surface area contributed by atoms with Gasteiger partial charge in [0.05, 0.1) is 6.61 Å². The molecule has 134 valence electrons. The first-order valence-corrected chi connectivity index (χ1v) is 8.64. The molecule has 1 aromatic carbocycles. The SMILES string of the molecule is Cc1ccc(NCC2OC(C)(C)OC2C2COC(C)(C)O2)cc1C. The summed E-state index contributed by atoms with van der Waals surface area (Å²) in [6.45, 7) is 13.2. The largest absolute Gasteiger partial charge is 0.382 e. The van der Waals surface area contributed by atoms with E-state index in [0.717, 1.165) is 5.69 Å². The lowest BCUT2D eigenvalue weighted by Gasteiger charge is -2.24. The van der Waals surface area contributed by atoms with E-state index >= 15 is 0 Å². The van der Waals surface area contributed by atoms with Gasteiger partial charge in [0.1, 0.15) is 18.3 Å². The number of anilines is 1. The number of hydrogen-bond acceptors (Lipinski definition) is 5. The minimum absolute atomic E-state index is 0.0934. The first-order chi connectivity index (χ1) is 11.2. The van der Waals surface area contributed by atoms with E-state index in [9.17, 15) is 0 Å². The van der Waals surface area contributed by atoms with Crippen LogP contribution in [0.25, 0.3) is 0 Å². The molecule has 24 heavy (non-hydrogen) atoms. The fraction of sp³-hybridized carbons (Fsp3) is 0.684. The van der Waals surface area contributed by atoms with Crippen LogP contribution in [-0.2, 0) is 18.9 Å². The smallest absolute Gasteiger partial charge is 0.163 e. The fourth-order valence-electron chi connectivity index (χ4n) is 3.28. The highest BCUT2D eigenvalue weighted by molar-refractivity contribution is 5.48. The molecule has 0 spiro atoms. The van der Waals surface area contributed by atoms with E-state index in [4.69, 9.17) is 18.9 Å². The molecule has 5 nitrogen and oxygen atoms in total. The highest BCUT2D eigenvalue weighted by Crippen LogP contribution is 2.35. The molecule has 0 aromatic heterocycles. The van der Waals surface area contributed by atoms with Crippen LogP contribution in [0.4, 0.5) is 5.69 Å². The van der Waals surface area contributed by atoms with Gasteiger partial charge in [-0.05, 0) is 64.8 Å². The van der Waals surface area contributed by atoms with Crippen molar-refractivity contribution in [1.82, 2.24) is 0 Å². The van der Waals surface area contributed by atoms with Crippen LogP contribution in [0.15, 0.2) is 18.2 Å². The Bertz CT molecular complexity index is 599. The van der Waals surface area contributed by atoms with E-state index in [-0.39, 0.29) is 18.3 Å². The van der Waals surface area contributed by atoms with Gasteiger partial charge in [-0.15, -0.1) is 0 Å². The Labute approximate surface area is 144 Å². The van der Waals surface area contributed by atoms with Crippen molar-refractivity contribution in [3.63, 3.8) is 0 Å². The Kier molecular flexibility index (Phi) is 4.64. The predicted octanol–water partition coefficient (Wildman–Crippen LogP) is 3.39. The Morgan fingerprint density at radius 3 is 2.38 bits per heavy atom. The zero-order valence-electron chi connectivity index (χ0n) is 15.5. The number of hydrogen-bond donors (Lipinski definition) is 1. The monoisotopic (exact) mass is 335 g/mol. The standard InChI is InChI=1S/C19H29NO4/c1-12-7-8-14(9-13(12)2)20-10-15-17(24-19(5,6)22-15)16-11-21-18(3,4)23-16/h7-9,15-17,20H,10-11H2,1-6H3. The van der Waals surface area contributed by atoms with Gasteiger partial charge < -0.3 is 24.3 Å². The van der Waals surface area contributed by atoms with Crippen molar-refractivity contribution in [2.24, 2.45) is 0 Å². The summed E-state index contributed by atoms with van der Waals surface area (Å²) >= 11 is 0. The number of rotatable bonds is 4. The zero-order valence-corrected chi connectivity index (χ0v) is 15.5. The van der Waals surface area contributed by atoms with Gasteiger partial charge in [-0.1, -0.05) is 6.07 Å². The molecule has 1 aromatic rings. The van der Waals surface area contributed by atoms with Gasteiger partial charge in [-0.2, -0.15) is 0 Å². The summed E-state index contributed by atoms with van der Waals surface area (Å²) in [5, 5.41) is 3.47. The lowest BCUT2D eigenvalue weighted by Crippen LogP contribution is -2.41. The molecule has 0 aliphatic carbocycles. The number of ether oxygens (including phenoxy) is 4. The van der Waals surface area contributed by atoms with Gasteiger partial charge in [0.25, 0.3) is 0 Å². The molecular weight excluding hydrogens is 306 g/mol. The minimum atomic E-state index is -0.615. The molecule has 2 aliphatic rings. The van der Waals surface area contributed by atoms with Crippen molar-refractivity contribution in [2.75, 3.05) is 18.5 Å². The summed E-state index contributed by atoms with van der Waals surface area (Å²) in [4.78, 5) is 0. The van der Waals surface area contributed by atoms with Gasteiger partial charge in [-0.3, -0.25) is 0 Å². The summed E-state index contributed by atoms with van der Waals surface area (Å²) in [7, 11) is 0. The van der Waals surface area contributed by atoms with Gasteiger partial charge in [0.2, 0.25) is 0 Å². The third-order valence-corrected chi connectivity index (χ3v) is 4.63. The highest BCUT2D eigenvalue weighted by atomic mass is 16.8. The maximum atomic E-state index is 6.10. The van der Waals surface area contributed by atoms with Crippen LogP contribution >= 0.6 is 0 Å². The highest BCUT2D eigenvalue weighted by Gasteiger charge is 2.49. The summed E-state index contributed by atoms with van der Waals surface area (Å²) in [6, 6.07) is 6.38. The molecule has 0 radical (unpaired) electrons. The van der Waals surface area contributed by atoms with Gasteiger partial charge >= 0.3 is 0 Å². The molecule has 0 saturated carbocycles. The topological polar surface area (TPSA) is 49.0 Å². The minimum Gasteiger partial charge on any atom is -0.382 e. The van der Waals surface area contributed by atoms with Crippen molar-refractivity contribution in [1.29, 1.82) is 0 Å². The summed E-state index contributed by atoms with van der Waals surface area (Å²) in [5.41, 5.74) is 3.66. The molecule has 2 heterocycles. The van der Waals surface area contributed by atoms with Crippen LogP contribution in [0.2, 0.25) is 0 Å². The molecule has 0 bridgehead atoms. The number of aryl methyl sites for hydroxylation is 2. The lowest BCUT2D eigenvalue weighted by molar-refractivity contribution is -0.174. The second kappa shape index (κ2) is 6.30. The van der Waals surface area contributed by atoms with Crippen molar-refractivity contribution in [3.8, 4) is 0 Å². The van der Waals surface area contributed by atoms with Crippen molar-refractivity contribution in [2.45, 2.75) is 71.4 Å². The molecular formula is C19H29NO4. The summed E-state index contributed by atoms with van der Waals surface area (Å²) in [6.07, 6.45) is -0.363. The maximum Gasteiger partial charge on any atom is 0.163 e. The van der Waals surface area contributed by atoms with E-state index in [1.54, 1.807) is 0 Å². The molecule has 1 N–H and O–H groups in total. The Hall–Kier alpha value is -1.14. The second-order valence-corrected chi connectivity index (χ2v) is 7.69. The van der Waals surface area contributed by atoms with Crippen LogP contribution in [0.3, 0.4) is 0 Å². The van der Waals surface area contributed by atoms with Gasteiger partial charge in [-0.25, -0.2) is 0 Å². The molecule has 0 amide bonds. The molecule has 3 unspecified atom stereocenters. The number of benzene rings is 1. The molecule has 3 atom stereocenters. The maximum absolute atomic E-state index is 6.10. The Morgan fingerprint density at radius 2 is 1.75 bits per heavy atom. The molecule has 2 fully saturated rings. The third-order valence-electron chi connectivity index (χ3n) is 4.63. The number of nitrogens with one attached hydrogen (secondary N) is 1. The molecule has 2 saturated heterocycles. The van der Waals surface area contributed by atoms with Gasteiger partial charge in [0.15, 0.2) is 11.6 Å². The normalized spacial score (nSPS) is 31.3. The Balaban J connectivity index is 1.67. The average Bonchev–Trinajstić information content (AvgIpc) is 2.99. The summed E-state index contributed by atoms with van der Waals surface area (Å²) < 4.78 is 23.9. The van der Waals surface area contributed by atoms with Crippen LogP contribution in [0.1, 0.15) is 38.8 Å². The van der Waals surface area contributed by atoms with Crippen LogP contribution in [0.5, 0.6) is 0 Å². The quantitative estimate of drug-likeness (QED) is 0.914. The molecule has 2 aliphatic heterocycles. The van der Waals surface area contributed by atoms with Crippen molar-refractivity contribution < 1.29 is 18.9 Å². The van der Waals surface area contributed by atoms with Gasteiger partial charge in [0, 0.05) is 12.2 Å². The van der Waals surface area contributed by atoms with Crippen molar-refractivity contribution in [3.05, 3.63) is 29.3 Å². The first kappa shape index (κ1) is 17.7. The lowest BCUT2D eigenvalue weighted by atomic mass is 10.1. The first-order valence-electron chi connectivity index (χ1n) is 8.64. The second-order valence-electron chi connectivity index (χ2n) is 7.69. The van der Waals surface area contributed by atoms with E-state index in [1.165, 1.54) is 11.1 Å². The van der Waals surface area contributed by atoms with Crippen LogP contribution in [0, 0.1) is 13.8 Å². The predicted molar refractivity (Wildman–Crippen MR) is 93.1 cm³/mol. The molecule has 5 heteroatoms. The van der Waals surface area contributed by atoms with E-state index in [2.05, 4.69) is 37.4 Å². The van der Waals surface area contributed by atoms with Crippen LogP contribution in [-0.4, -0.2) is 43.0 Å². The Morgan fingerprint density at radius 1 is 1.00 bits per heavy atom. The van der Waals surface area contributed by atoms with E-state index in [1.807, 2.05) is 27.7 Å². The van der Waals surface area contributed by atoms with E-state index in [0.29, 0.717) is 13.2 Å².